The van der Waals surface area contributed by atoms with Gasteiger partial charge < -0.3 is 9.88 Å². The predicted octanol–water partition coefficient (Wildman–Crippen LogP) is 2.82. The third-order valence-electron chi connectivity index (χ3n) is 4.69. The lowest BCUT2D eigenvalue weighted by Crippen LogP contribution is -2.32. The number of halogens is 1. The van der Waals surface area contributed by atoms with Crippen molar-refractivity contribution in [2.24, 2.45) is 0 Å². The topological polar surface area (TPSA) is 68.9 Å². The molecule has 0 unspecified atom stereocenters. The van der Waals surface area contributed by atoms with Crippen molar-refractivity contribution in [3.05, 3.63) is 89.4 Å². The summed E-state index contributed by atoms with van der Waals surface area (Å²) >= 11 is 0. The molecule has 1 N–H and O–H groups in total. The number of hydrogen-bond donors (Lipinski definition) is 1. The minimum Gasteiger partial charge on any atom is -0.353 e. The van der Waals surface area contributed by atoms with Crippen LogP contribution in [0.25, 0.3) is 22.2 Å². The van der Waals surface area contributed by atoms with Crippen LogP contribution in [0.1, 0.15) is 0 Å². The number of carbonyl (C=O) groups excluding carboxylic acids is 1. The summed E-state index contributed by atoms with van der Waals surface area (Å²) in [6.07, 6.45) is 3.32. The van der Waals surface area contributed by atoms with Crippen LogP contribution in [0.4, 0.5) is 4.39 Å². The molecule has 0 bridgehead atoms. The van der Waals surface area contributed by atoms with Crippen LogP contribution in [-0.4, -0.2) is 26.6 Å². The fourth-order valence-corrected chi connectivity index (χ4v) is 3.18. The van der Waals surface area contributed by atoms with E-state index in [-0.39, 0.29) is 23.8 Å². The summed E-state index contributed by atoms with van der Waals surface area (Å²) < 4.78 is 16.3. The van der Waals surface area contributed by atoms with Crippen molar-refractivity contribution in [3.63, 3.8) is 0 Å². The third kappa shape index (κ3) is 4.24. The second-order valence-electron chi connectivity index (χ2n) is 6.67. The van der Waals surface area contributed by atoms with Crippen molar-refractivity contribution >= 4 is 16.8 Å². The van der Waals surface area contributed by atoms with E-state index < -0.39 is 0 Å². The molecule has 7 heteroatoms. The SMILES string of the molecule is O=C(Cn1ccc2ccccc21)NCCn1cnc(-c2ccc(F)cc2)cc1=O. The molecule has 0 aliphatic heterocycles. The van der Waals surface area contributed by atoms with Crippen LogP contribution in [-0.2, 0) is 17.9 Å². The van der Waals surface area contributed by atoms with E-state index in [1.807, 2.05) is 41.1 Å². The lowest BCUT2D eigenvalue weighted by Gasteiger charge is -2.09. The van der Waals surface area contributed by atoms with Gasteiger partial charge in [0.05, 0.1) is 12.0 Å². The molecule has 29 heavy (non-hydrogen) atoms. The quantitative estimate of drug-likeness (QED) is 0.550. The molecule has 0 saturated heterocycles. The number of para-hydroxylation sites is 1. The molecule has 0 fully saturated rings. The Labute approximate surface area is 166 Å². The van der Waals surface area contributed by atoms with Crippen molar-refractivity contribution in [1.82, 2.24) is 19.4 Å². The Kier molecular flexibility index (Phi) is 5.20. The molecule has 6 nitrogen and oxygen atoms in total. The summed E-state index contributed by atoms with van der Waals surface area (Å²) in [6, 6.07) is 17.0. The van der Waals surface area contributed by atoms with E-state index in [4.69, 9.17) is 0 Å². The predicted molar refractivity (Wildman–Crippen MR) is 109 cm³/mol. The molecule has 1 amide bonds. The van der Waals surface area contributed by atoms with E-state index in [1.165, 1.54) is 29.1 Å². The van der Waals surface area contributed by atoms with E-state index in [0.717, 1.165) is 10.9 Å². The second kappa shape index (κ2) is 8.10. The van der Waals surface area contributed by atoms with Gasteiger partial charge in [0.15, 0.2) is 0 Å². The first-order valence-corrected chi connectivity index (χ1v) is 9.23. The van der Waals surface area contributed by atoms with E-state index >= 15 is 0 Å². The van der Waals surface area contributed by atoms with E-state index in [1.54, 1.807) is 12.1 Å². The maximum Gasteiger partial charge on any atom is 0.253 e. The summed E-state index contributed by atoms with van der Waals surface area (Å²) in [4.78, 5) is 28.8. The Morgan fingerprint density at radius 2 is 1.83 bits per heavy atom. The molecule has 0 saturated carbocycles. The molecule has 0 spiro atoms. The number of carbonyl (C=O) groups is 1. The first-order valence-electron chi connectivity index (χ1n) is 9.23. The maximum absolute atomic E-state index is 13.0. The highest BCUT2D eigenvalue weighted by molar-refractivity contribution is 5.83. The number of aromatic nitrogens is 3. The van der Waals surface area contributed by atoms with E-state index in [2.05, 4.69) is 10.3 Å². The zero-order chi connectivity index (χ0) is 20.2. The van der Waals surface area contributed by atoms with Crippen LogP contribution in [0.2, 0.25) is 0 Å². The van der Waals surface area contributed by atoms with Crippen LogP contribution in [0, 0.1) is 5.82 Å². The Hall–Kier alpha value is -3.74. The van der Waals surface area contributed by atoms with Gasteiger partial charge in [-0.15, -0.1) is 0 Å². The van der Waals surface area contributed by atoms with Crippen LogP contribution >= 0.6 is 0 Å². The smallest absolute Gasteiger partial charge is 0.253 e. The average molecular weight is 390 g/mol. The van der Waals surface area contributed by atoms with Crippen LogP contribution in [0.5, 0.6) is 0 Å². The van der Waals surface area contributed by atoms with Gasteiger partial charge in [-0.3, -0.25) is 14.2 Å². The molecule has 2 aromatic carbocycles. The summed E-state index contributed by atoms with van der Waals surface area (Å²) in [5, 5.41) is 3.91. The fraction of sp³-hybridized carbons (Fsp3) is 0.136. The van der Waals surface area contributed by atoms with Crippen molar-refractivity contribution in [3.8, 4) is 11.3 Å². The first-order chi connectivity index (χ1) is 14.1. The van der Waals surface area contributed by atoms with Crippen LogP contribution < -0.4 is 10.9 Å². The van der Waals surface area contributed by atoms with Crippen LogP contribution in [0.15, 0.2) is 78.0 Å². The highest BCUT2D eigenvalue weighted by atomic mass is 19.1. The summed E-state index contributed by atoms with van der Waals surface area (Å²) in [5.74, 6) is -0.471. The summed E-state index contributed by atoms with van der Waals surface area (Å²) in [5.41, 5.74) is 1.92. The zero-order valence-corrected chi connectivity index (χ0v) is 15.6. The monoisotopic (exact) mass is 390 g/mol. The number of nitrogens with one attached hydrogen (secondary N) is 1. The van der Waals surface area contributed by atoms with Gasteiger partial charge in [-0.2, -0.15) is 0 Å². The van der Waals surface area contributed by atoms with Gasteiger partial charge >= 0.3 is 0 Å². The number of hydrogen-bond acceptors (Lipinski definition) is 3. The van der Waals surface area contributed by atoms with Crippen molar-refractivity contribution in [2.45, 2.75) is 13.1 Å². The number of amides is 1. The minimum atomic E-state index is -0.342. The molecule has 4 aromatic rings. The summed E-state index contributed by atoms with van der Waals surface area (Å²) in [7, 11) is 0. The lowest BCUT2D eigenvalue weighted by atomic mass is 10.1. The number of fused-ring (bicyclic) bond motifs is 1. The number of benzene rings is 2. The molecule has 0 atom stereocenters. The second-order valence-corrected chi connectivity index (χ2v) is 6.67. The molecule has 2 heterocycles. The Morgan fingerprint density at radius 1 is 1.03 bits per heavy atom. The first kappa shape index (κ1) is 18.6. The standard InChI is InChI=1S/C22H19FN4O2/c23-18-7-5-16(6-8-18)19-13-22(29)27(15-25-19)12-10-24-21(28)14-26-11-9-17-3-1-2-4-20(17)26/h1-9,11,13,15H,10,12,14H2,(H,24,28). The number of nitrogens with zero attached hydrogens (tertiary/aromatic N) is 3. The summed E-state index contributed by atoms with van der Waals surface area (Å²) in [6.45, 7) is 0.841. The molecule has 0 aliphatic rings. The zero-order valence-electron chi connectivity index (χ0n) is 15.6. The molecule has 0 radical (unpaired) electrons. The Bertz CT molecular complexity index is 1210. The van der Waals surface area contributed by atoms with Gasteiger partial charge in [-0.1, -0.05) is 18.2 Å². The van der Waals surface area contributed by atoms with Crippen molar-refractivity contribution in [2.75, 3.05) is 6.54 Å². The molecular formula is C22H19FN4O2. The molecule has 4 rings (SSSR count). The lowest BCUT2D eigenvalue weighted by molar-refractivity contribution is -0.121. The normalized spacial score (nSPS) is 10.9. The van der Waals surface area contributed by atoms with Gasteiger partial charge in [-0.05, 0) is 41.8 Å². The highest BCUT2D eigenvalue weighted by Gasteiger charge is 2.07. The third-order valence-corrected chi connectivity index (χ3v) is 4.69. The van der Waals surface area contributed by atoms with Gasteiger partial charge in [0.2, 0.25) is 5.91 Å². The average Bonchev–Trinajstić information content (AvgIpc) is 3.13. The van der Waals surface area contributed by atoms with Crippen molar-refractivity contribution < 1.29 is 9.18 Å². The van der Waals surface area contributed by atoms with Crippen molar-refractivity contribution in [1.29, 1.82) is 0 Å². The van der Waals surface area contributed by atoms with Gasteiger partial charge in [0, 0.05) is 36.4 Å². The highest BCUT2D eigenvalue weighted by Crippen LogP contribution is 2.15. The Morgan fingerprint density at radius 3 is 2.62 bits per heavy atom. The Balaban J connectivity index is 1.35. The number of rotatable bonds is 6. The maximum atomic E-state index is 13.0. The van der Waals surface area contributed by atoms with Crippen LogP contribution in [0.3, 0.4) is 0 Å². The van der Waals surface area contributed by atoms with Gasteiger partial charge in [-0.25, -0.2) is 9.37 Å². The molecule has 0 aliphatic carbocycles. The fourth-order valence-electron chi connectivity index (χ4n) is 3.18. The van der Waals surface area contributed by atoms with E-state index in [9.17, 15) is 14.0 Å². The molecule has 146 valence electrons. The molecule has 2 aromatic heterocycles. The molecular weight excluding hydrogens is 371 g/mol. The minimum absolute atomic E-state index is 0.129. The van der Waals surface area contributed by atoms with Gasteiger partial charge in [0.1, 0.15) is 12.4 Å². The van der Waals surface area contributed by atoms with Gasteiger partial charge in [0.25, 0.3) is 5.56 Å². The largest absolute Gasteiger partial charge is 0.353 e. The van der Waals surface area contributed by atoms with E-state index in [0.29, 0.717) is 24.3 Å².